The highest BCUT2D eigenvalue weighted by Gasteiger charge is 2.10. The molecule has 102 valence electrons. The molecule has 0 saturated carbocycles. The van der Waals surface area contributed by atoms with Crippen LogP contribution >= 0.6 is 0 Å². The summed E-state index contributed by atoms with van der Waals surface area (Å²) in [5, 5.41) is 8.95. The van der Waals surface area contributed by atoms with Crippen molar-refractivity contribution in [3.63, 3.8) is 0 Å². The van der Waals surface area contributed by atoms with Gasteiger partial charge in [-0.15, -0.1) is 0 Å². The molecule has 0 saturated heterocycles. The second-order valence-corrected chi connectivity index (χ2v) is 5.14. The van der Waals surface area contributed by atoms with Gasteiger partial charge in [0.1, 0.15) is 0 Å². The Labute approximate surface area is 109 Å². The van der Waals surface area contributed by atoms with Gasteiger partial charge in [-0.3, -0.25) is 9.63 Å². The van der Waals surface area contributed by atoms with Crippen LogP contribution in [0, 0.1) is 0 Å². The van der Waals surface area contributed by atoms with Crippen molar-refractivity contribution in [1.82, 2.24) is 5.48 Å². The number of carboxylic acid groups (broad SMARTS) is 1. The first kappa shape index (κ1) is 14.9. The molecule has 0 aliphatic heterocycles. The first-order chi connectivity index (χ1) is 8.92. The molecular weight excluding hydrogens is 274 g/mol. The number of sulfone groups is 1. The Kier molecular flexibility index (Phi) is 5.22. The number of carbonyl (C=O) groups is 2. The molecule has 0 radical (unpaired) electrons. The summed E-state index contributed by atoms with van der Waals surface area (Å²) in [4.78, 5) is 25.5. The van der Waals surface area contributed by atoms with Crippen LogP contribution in [-0.4, -0.2) is 32.0 Å². The number of benzene rings is 1. The molecule has 19 heavy (non-hydrogen) atoms. The van der Waals surface area contributed by atoms with E-state index < -0.39 is 28.3 Å². The van der Waals surface area contributed by atoms with Crippen molar-refractivity contribution in [2.45, 2.75) is 4.90 Å². The molecule has 0 bridgehead atoms. The standard InChI is InChI=1S/C11H11NO6S/c13-10(12-18-8-11(14)15)6-7-19(16,17)9-4-2-1-3-5-9/h1-7H,8H2,(H,12,13)(H,14,15). The van der Waals surface area contributed by atoms with Gasteiger partial charge in [0.05, 0.1) is 4.90 Å². The number of carboxylic acids is 1. The van der Waals surface area contributed by atoms with Crippen LogP contribution in [0.25, 0.3) is 0 Å². The van der Waals surface area contributed by atoms with E-state index in [0.717, 1.165) is 6.08 Å². The lowest BCUT2D eigenvalue weighted by atomic mass is 10.4. The fourth-order valence-electron chi connectivity index (χ4n) is 1.04. The molecule has 0 fully saturated rings. The van der Waals surface area contributed by atoms with E-state index in [2.05, 4.69) is 4.84 Å². The van der Waals surface area contributed by atoms with E-state index >= 15 is 0 Å². The van der Waals surface area contributed by atoms with E-state index in [1.165, 1.54) is 12.1 Å². The van der Waals surface area contributed by atoms with Crippen molar-refractivity contribution < 1.29 is 28.0 Å². The Bertz CT molecular complexity index is 578. The van der Waals surface area contributed by atoms with E-state index in [4.69, 9.17) is 5.11 Å². The van der Waals surface area contributed by atoms with Gasteiger partial charge in [-0.2, -0.15) is 0 Å². The van der Waals surface area contributed by atoms with Crippen LogP contribution in [0.2, 0.25) is 0 Å². The van der Waals surface area contributed by atoms with E-state index in [-0.39, 0.29) is 4.90 Å². The molecule has 8 heteroatoms. The Morgan fingerprint density at radius 3 is 2.47 bits per heavy atom. The van der Waals surface area contributed by atoms with Crippen molar-refractivity contribution >= 4 is 21.7 Å². The van der Waals surface area contributed by atoms with Crippen molar-refractivity contribution in [3.8, 4) is 0 Å². The highest BCUT2D eigenvalue weighted by Crippen LogP contribution is 2.10. The maximum Gasteiger partial charge on any atom is 0.332 e. The summed E-state index contributed by atoms with van der Waals surface area (Å²) in [5.74, 6) is -2.14. The number of nitrogens with one attached hydrogen (secondary N) is 1. The molecule has 0 aromatic heterocycles. The molecule has 0 aliphatic rings. The Balaban J connectivity index is 2.61. The molecular formula is C11H11NO6S. The van der Waals surface area contributed by atoms with Gasteiger partial charge in [-0.25, -0.2) is 18.7 Å². The van der Waals surface area contributed by atoms with Crippen LogP contribution < -0.4 is 5.48 Å². The van der Waals surface area contributed by atoms with Gasteiger partial charge in [0.2, 0.25) is 0 Å². The minimum Gasteiger partial charge on any atom is -0.479 e. The fourth-order valence-corrected chi connectivity index (χ4v) is 2.04. The zero-order chi connectivity index (χ0) is 14.3. The summed E-state index contributed by atoms with van der Waals surface area (Å²) in [6, 6.07) is 7.54. The number of hydrogen-bond acceptors (Lipinski definition) is 5. The molecule has 7 nitrogen and oxygen atoms in total. The van der Waals surface area contributed by atoms with E-state index in [1.807, 2.05) is 0 Å². The molecule has 1 amide bonds. The minimum atomic E-state index is -3.71. The first-order valence-electron chi connectivity index (χ1n) is 5.03. The predicted octanol–water partition coefficient (Wildman–Crippen LogP) is 0.106. The zero-order valence-corrected chi connectivity index (χ0v) is 10.5. The molecule has 0 unspecified atom stereocenters. The lowest BCUT2D eigenvalue weighted by molar-refractivity contribution is -0.147. The lowest BCUT2D eigenvalue weighted by Crippen LogP contribution is -2.25. The summed E-state index contributed by atoms with van der Waals surface area (Å²) in [6.45, 7) is -0.717. The monoisotopic (exact) mass is 285 g/mol. The van der Waals surface area contributed by atoms with Crippen molar-refractivity contribution in [3.05, 3.63) is 41.8 Å². The number of amides is 1. The van der Waals surface area contributed by atoms with Gasteiger partial charge in [0.25, 0.3) is 5.91 Å². The number of hydroxylamine groups is 1. The van der Waals surface area contributed by atoms with E-state index in [9.17, 15) is 18.0 Å². The summed E-state index contributed by atoms with van der Waals surface area (Å²) in [7, 11) is -3.71. The van der Waals surface area contributed by atoms with Crippen molar-refractivity contribution in [2.24, 2.45) is 0 Å². The van der Waals surface area contributed by atoms with E-state index in [0.29, 0.717) is 5.41 Å². The Morgan fingerprint density at radius 2 is 1.89 bits per heavy atom. The van der Waals surface area contributed by atoms with Crippen LogP contribution in [0.15, 0.2) is 46.7 Å². The normalized spacial score (nSPS) is 11.4. The molecule has 0 aliphatic carbocycles. The third-order valence-corrected chi connectivity index (χ3v) is 3.26. The van der Waals surface area contributed by atoms with Gasteiger partial charge in [-0.1, -0.05) is 18.2 Å². The maximum atomic E-state index is 11.7. The molecule has 1 rings (SSSR count). The van der Waals surface area contributed by atoms with Crippen molar-refractivity contribution in [2.75, 3.05) is 6.61 Å². The molecule has 0 spiro atoms. The first-order valence-corrected chi connectivity index (χ1v) is 6.58. The minimum absolute atomic E-state index is 0.0468. The topological polar surface area (TPSA) is 110 Å². The SMILES string of the molecule is O=C(O)CONC(=O)C=CS(=O)(=O)c1ccccc1. The summed E-state index contributed by atoms with van der Waals surface area (Å²) >= 11 is 0. The van der Waals surface area contributed by atoms with E-state index in [1.54, 1.807) is 23.7 Å². The predicted molar refractivity (Wildman–Crippen MR) is 64.5 cm³/mol. The quantitative estimate of drug-likeness (QED) is 0.567. The van der Waals surface area contributed by atoms with Gasteiger partial charge < -0.3 is 5.11 Å². The highest BCUT2D eigenvalue weighted by molar-refractivity contribution is 7.94. The number of carbonyl (C=O) groups excluding carboxylic acids is 1. The zero-order valence-electron chi connectivity index (χ0n) is 9.65. The summed E-state index contributed by atoms with van der Waals surface area (Å²) < 4.78 is 23.4. The fraction of sp³-hybridized carbons (Fsp3) is 0.0909. The third kappa shape index (κ3) is 5.32. The summed E-state index contributed by atoms with van der Waals surface area (Å²) in [5.41, 5.74) is 1.77. The third-order valence-electron chi connectivity index (χ3n) is 1.84. The van der Waals surface area contributed by atoms with Crippen LogP contribution in [-0.2, 0) is 24.3 Å². The average molecular weight is 285 g/mol. The molecule has 2 N–H and O–H groups in total. The molecule has 1 aromatic rings. The maximum absolute atomic E-state index is 11.7. The lowest BCUT2D eigenvalue weighted by Gasteiger charge is -2.00. The van der Waals surface area contributed by atoms with Crippen LogP contribution in [0.3, 0.4) is 0 Å². The van der Waals surface area contributed by atoms with Crippen LogP contribution in [0.4, 0.5) is 0 Å². The van der Waals surface area contributed by atoms with Gasteiger partial charge in [0.15, 0.2) is 16.4 Å². The highest BCUT2D eigenvalue weighted by atomic mass is 32.2. The van der Waals surface area contributed by atoms with Crippen molar-refractivity contribution in [1.29, 1.82) is 0 Å². The Morgan fingerprint density at radius 1 is 1.26 bits per heavy atom. The Hall–Kier alpha value is -2.19. The second kappa shape index (κ2) is 6.66. The molecule has 0 atom stereocenters. The number of rotatable bonds is 6. The van der Waals surface area contributed by atoms with Gasteiger partial charge >= 0.3 is 5.97 Å². The number of aliphatic carboxylic acids is 1. The largest absolute Gasteiger partial charge is 0.479 e. The second-order valence-electron chi connectivity index (χ2n) is 3.31. The summed E-state index contributed by atoms with van der Waals surface area (Å²) in [6.07, 6.45) is 0.740. The molecule has 1 aromatic carbocycles. The van der Waals surface area contributed by atoms with Gasteiger partial charge in [0, 0.05) is 11.5 Å². The van der Waals surface area contributed by atoms with Crippen LogP contribution in [0.1, 0.15) is 0 Å². The van der Waals surface area contributed by atoms with Crippen LogP contribution in [0.5, 0.6) is 0 Å². The van der Waals surface area contributed by atoms with Gasteiger partial charge in [-0.05, 0) is 12.1 Å². The smallest absolute Gasteiger partial charge is 0.332 e. The number of hydrogen-bond donors (Lipinski definition) is 2. The average Bonchev–Trinajstić information content (AvgIpc) is 2.37. The molecule has 0 heterocycles.